The molecule has 0 fully saturated rings. The van der Waals surface area contributed by atoms with Gasteiger partial charge in [-0.05, 0) is 137 Å². The average Bonchev–Trinajstić information content (AvgIpc) is 3.51. The zero-order valence-electron chi connectivity index (χ0n) is 46.3. The van der Waals surface area contributed by atoms with E-state index < -0.39 is 0 Å². The van der Waals surface area contributed by atoms with Gasteiger partial charge in [-0.2, -0.15) is 0 Å². The third-order valence-electron chi connectivity index (χ3n) is 15.3. The van der Waals surface area contributed by atoms with Crippen molar-refractivity contribution < 1.29 is 0 Å². The van der Waals surface area contributed by atoms with Crippen LogP contribution in [-0.4, -0.2) is 0 Å². The Labute approximate surface area is 464 Å². The van der Waals surface area contributed by atoms with Crippen molar-refractivity contribution in [1.82, 2.24) is 0 Å². The van der Waals surface area contributed by atoms with Crippen LogP contribution in [0.2, 0.25) is 0 Å². The summed E-state index contributed by atoms with van der Waals surface area (Å²) in [6.07, 6.45) is 15.0. The Morgan fingerprint density at radius 2 is 0.636 bits per heavy atom. The zero-order chi connectivity index (χ0) is 53.7. The van der Waals surface area contributed by atoms with Crippen LogP contribution in [0, 0.1) is 0 Å². The number of rotatable bonds is 22. The molecule has 0 nitrogen and oxygen atoms in total. The molecule has 390 valence electrons. The van der Waals surface area contributed by atoms with Gasteiger partial charge in [0.05, 0.1) is 0 Å². The van der Waals surface area contributed by atoms with E-state index in [9.17, 15) is 0 Å². The molecule has 0 aliphatic carbocycles. The molecule has 6 unspecified atom stereocenters. The normalized spacial score (nSPS) is 13.6. The summed E-state index contributed by atoms with van der Waals surface area (Å²) >= 11 is 0. The van der Waals surface area contributed by atoms with Crippen molar-refractivity contribution in [2.45, 2.75) is 108 Å². The first-order valence-electron chi connectivity index (χ1n) is 28.4. The molecule has 77 heavy (non-hydrogen) atoms. The molecule has 0 aliphatic rings. The smallest absolute Gasteiger partial charge is 0.00297 e. The van der Waals surface area contributed by atoms with Crippen LogP contribution in [0.15, 0.2) is 292 Å². The summed E-state index contributed by atoms with van der Waals surface area (Å²) in [6, 6.07) is 97.4. The first kappa shape index (κ1) is 56.9. The van der Waals surface area contributed by atoms with Crippen LogP contribution >= 0.6 is 0 Å². The summed E-state index contributed by atoms with van der Waals surface area (Å²) in [5, 5.41) is 0. The van der Waals surface area contributed by atoms with Crippen LogP contribution in [0.5, 0.6) is 0 Å². The van der Waals surface area contributed by atoms with E-state index in [0.717, 1.165) is 44.9 Å². The van der Waals surface area contributed by atoms with Gasteiger partial charge in [0.15, 0.2) is 0 Å². The van der Waals surface area contributed by atoms with Crippen molar-refractivity contribution in [3.63, 3.8) is 0 Å². The molecular formula is C77H82. The minimum atomic E-state index is 0.418. The minimum Gasteiger partial charge on any atom is -0.0952 e. The Bertz CT molecular complexity index is 3020. The van der Waals surface area contributed by atoms with E-state index in [4.69, 9.17) is 0 Å². The topological polar surface area (TPSA) is 0 Å². The Hall–Kier alpha value is -7.80. The number of allylic oxidation sites excluding steroid dienone is 4. The van der Waals surface area contributed by atoms with E-state index in [2.05, 4.69) is 325 Å². The zero-order valence-corrected chi connectivity index (χ0v) is 46.3. The van der Waals surface area contributed by atoms with Gasteiger partial charge in [-0.1, -0.05) is 319 Å². The Balaban J connectivity index is 0.000000168. The molecule has 6 atom stereocenters. The second kappa shape index (κ2) is 31.9. The number of hydrogen-bond donors (Lipinski definition) is 0. The molecule has 0 heterocycles. The summed E-state index contributed by atoms with van der Waals surface area (Å²) in [5.74, 6) is 3.04. The summed E-state index contributed by atoms with van der Waals surface area (Å²) in [4.78, 5) is 0. The van der Waals surface area contributed by atoms with Crippen molar-refractivity contribution in [2.24, 2.45) is 0 Å². The maximum absolute atomic E-state index is 4.40. The van der Waals surface area contributed by atoms with Crippen molar-refractivity contribution in [3.05, 3.63) is 342 Å². The number of hydrogen-bond acceptors (Lipinski definition) is 0. The first-order valence-corrected chi connectivity index (χ1v) is 28.4. The second-order valence-corrected chi connectivity index (χ2v) is 20.6. The quantitative estimate of drug-likeness (QED) is 0.0635. The third kappa shape index (κ3) is 18.5. The largest absolute Gasteiger partial charge is 0.0952 e. The van der Waals surface area contributed by atoms with E-state index in [1.54, 1.807) is 0 Å². The number of benzene rings is 9. The molecule has 0 N–H and O–H groups in total. The molecule has 0 saturated carbocycles. The lowest BCUT2D eigenvalue weighted by Crippen LogP contribution is -2.07. The van der Waals surface area contributed by atoms with Gasteiger partial charge < -0.3 is 0 Å². The van der Waals surface area contributed by atoms with E-state index in [1.165, 1.54) is 61.2 Å². The van der Waals surface area contributed by atoms with Gasteiger partial charge >= 0.3 is 0 Å². The van der Waals surface area contributed by atoms with E-state index in [0.29, 0.717) is 35.5 Å². The fourth-order valence-electron chi connectivity index (χ4n) is 10.8. The van der Waals surface area contributed by atoms with Gasteiger partial charge in [-0.15, -0.1) is 0 Å². The fraction of sp³-hybridized carbons (Fsp3) is 0.221. The van der Waals surface area contributed by atoms with Crippen LogP contribution in [0.4, 0.5) is 0 Å². The predicted molar refractivity (Wildman–Crippen MR) is 335 cm³/mol. The monoisotopic (exact) mass is 1010 g/mol. The van der Waals surface area contributed by atoms with Crippen LogP contribution in [-0.2, 0) is 0 Å². The molecule has 0 saturated heterocycles. The van der Waals surface area contributed by atoms with Crippen LogP contribution in [0.3, 0.4) is 0 Å². The second-order valence-electron chi connectivity index (χ2n) is 20.6. The lowest BCUT2D eigenvalue weighted by Gasteiger charge is -2.25. The molecule has 9 rings (SSSR count). The predicted octanol–water partition coefficient (Wildman–Crippen LogP) is 22.0. The van der Waals surface area contributed by atoms with Crippen LogP contribution in [0.25, 0.3) is 17.2 Å². The van der Waals surface area contributed by atoms with Gasteiger partial charge in [0.2, 0.25) is 0 Å². The van der Waals surface area contributed by atoms with Gasteiger partial charge in [-0.3, -0.25) is 0 Å². The highest BCUT2D eigenvalue weighted by molar-refractivity contribution is 5.65. The lowest BCUT2D eigenvalue weighted by atomic mass is 9.80. The molecule has 0 heteroatoms. The maximum Gasteiger partial charge on any atom is 0.00297 e. The third-order valence-corrected chi connectivity index (χ3v) is 15.3. The lowest BCUT2D eigenvalue weighted by molar-refractivity contribution is 0.525. The maximum atomic E-state index is 4.40. The molecule has 0 bridgehead atoms. The van der Waals surface area contributed by atoms with Gasteiger partial charge in [0, 0.05) is 11.8 Å². The summed E-state index contributed by atoms with van der Waals surface area (Å²) in [7, 11) is 0. The van der Waals surface area contributed by atoms with Crippen molar-refractivity contribution in [2.75, 3.05) is 0 Å². The standard InChI is InChI=1S/2C26H28.C25H26/c2*1-3-22(24-15-9-5-10-16-24)20-26(25-17-11-6-12-18-25)19-21(2)23-13-7-4-8-14-23;1-2-22(23-14-8-4-9-15-23)20-25(24-16-10-5-11-17-24)19-18-21-12-6-3-7-13-21/h4-19,22,26H,3,20H2,1-2H3;4-18,22,26H,2-3,19-20H2,1H3;3-19,22,25H,2,20H2,1H3/b21-19-;;19-18-. The molecule has 0 amide bonds. The minimum absolute atomic E-state index is 0.418. The molecule has 0 spiro atoms. The highest BCUT2D eigenvalue weighted by atomic mass is 14.3. The highest BCUT2D eigenvalue weighted by Crippen LogP contribution is 2.39. The van der Waals surface area contributed by atoms with Gasteiger partial charge in [0.25, 0.3) is 0 Å². The van der Waals surface area contributed by atoms with Crippen LogP contribution in [0.1, 0.15) is 158 Å². The van der Waals surface area contributed by atoms with Crippen molar-refractivity contribution >= 4 is 17.2 Å². The van der Waals surface area contributed by atoms with E-state index in [-0.39, 0.29) is 0 Å². The van der Waals surface area contributed by atoms with Crippen LogP contribution < -0.4 is 0 Å². The van der Waals surface area contributed by atoms with Crippen molar-refractivity contribution in [1.29, 1.82) is 0 Å². The molecular weight excluding hydrogens is 925 g/mol. The van der Waals surface area contributed by atoms with E-state index >= 15 is 0 Å². The summed E-state index contributed by atoms with van der Waals surface area (Å²) < 4.78 is 0. The molecule has 0 aliphatic heterocycles. The summed E-state index contributed by atoms with van der Waals surface area (Å²) in [6.45, 7) is 13.5. The molecule has 9 aromatic carbocycles. The Kier molecular flexibility index (Phi) is 23.6. The van der Waals surface area contributed by atoms with Gasteiger partial charge in [0.1, 0.15) is 0 Å². The molecule has 9 aromatic rings. The Morgan fingerprint density at radius 3 is 1.03 bits per heavy atom. The van der Waals surface area contributed by atoms with Gasteiger partial charge in [-0.25, -0.2) is 0 Å². The highest BCUT2D eigenvalue weighted by Gasteiger charge is 2.21. The molecule has 0 aromatic heterocycles. The van der Waals surface area contributed by atoms with E-state index in [1.807, 2.05) is 0 Å². The Morgan fingerprint density at radius 1 is 0.338 bits per heavy atom. The summed E-state index contributed by atoms with van der Waals surface area (Å²) in [5.41, 5.74) is 14.9. The average molecular weight is 1010 g/mol. The van der Waals surface area contributed by atoms with Crippen molar-refractivity contribution in [3.8, 4) is 0 Å². The molecule has 0 radical (unpaired) electrons. The SMILES string of the molecule is C=C(CC(CC(CC)c1ccccc1)c1ccccc1)c1ccccc1.CCC(CC(/C=C(/C)c1ccccc1)c1ccccc1)c1ccccc1.CCC(CC(/C=C\c1ccccc1)c1ccccc1)c1ccccc1. The first-order chi connectivity index (χ1) is 37.9. The fourth-order valence-corrected chi connectivity index (χ4v) is 10.8.